The average molecular weight is 420 g/mol. The third kappa shape index (κ3) is 5.08. The zero-order valence-electron chi connectivity index (χ0n) is 16.9. The van der Waals surface area contributed by atoms with Crippen molar-refractivity contribution in [3.8, 4) is 17.6 Å². The molecule has 0 unspecified atom stereocenters. The van der Waals surface area contributed by atoms with Crippen molar-refractivity contribution in [1.82, 2.24) is 4.90 Å². The summed E-state index contributed by atoms with van der Waals surface area (Å²) < 4.78 is 15.6. The molecule has 0 aliphatic carbocycles. The van der Waals surface area contributed by atoms with Crippen LogP contribution < -0.4 is 9.47 Å². The number of rotatable bonds is 9. The first-order valence-electron chi connectivity index (χ1n) is 9.53. The lowest BCUT2D eigenvalue weighted by Crippen LogP contribution is -2.31. The van der Waals surface area contributed by atoms with Crippen molar-refractivity contribution in [3.05, 3.63) is 65.2 Å². The van der Waals surface area contributed by atoms with Gasteiger partial charge >= 0.3 is 5.97 Å². The second-order valence-electron chi connectivity index (χ2n) is 6.52. The Balaban J connectivity index is 1.47. The summed E-state index contributed by atoms with van der Waals surface area (Å²) in [6, 6.07) is 13.6. The summed E-state index contributed by atoms with van der Waals surface area (Å²) in [7, 11) is 1.48. The lowest BCUT2D eigenvalue weighted by molar-refractivity contribution is -0.137. The molecule has 2 aromatic rings. The predicted octanol–water partition coefficient (Wildman–Crippen LogP) is 2.84. The molecular formula is C23H20N2O6. The quantitative estimate of drug-likeness (QED) is 0.266. The first kappa shape index (κ1) is 21.6. The van der Waals surface area contributed by atoms with E-state index in [0.29, 0.717) is 34.6 Å². The SMILES string of the molecule is COc1cc(/C=C/C(=O)OCCCN2C(=O)c3ccccc3C2=O)ccc1OCC#N. The first-order valence-corrected chi connectivity index (χ1v) is 9.53. The minimum Gasteiger partial charge on any atom is -0.493 e. The number of amides is 2. The Hall–Kier alpha value is -4.12. The van der Waals surface area contributed by atoms with E-state index in [2.05, 4.69) is 0 Å². The molecule has 0 saturated carbocycles. The highest BCUT2D eigenvalue weighted by Crippen LogP contribution is 2.28. The molecule has 0 aromatic heterocycles. The minimum atomic E-state index is -0.550. The van der Waals surface area contributed by atoms with Gasteiger partial charge in [-0.05, 0) is 42.3 Å². The Morgan fingerprint density at radius 2 is 1.81 bits per heavy atom. The fourth-order valence-electron chi connectivity index (χ4n) is 3.07. The van der Waals surface area contributed by atoms with Gasteiger partial charge in [0.05, 0.1) is 24.8 Å². The van der Waals surface area contributed by atoms with Gasteiger partial charge in [-0.2, -0.15) is 5.26 Å². The molecule has 2 amide bonds. The van der Waals surface area contributed by atoms with Crippen LogP contribution in [-0.4, -0.2) is 49.6 Å². The number of nitriles is 1. The molecule has 0 spiro atoms. The van der Waals surface area contributed by atoms with Crippen LogP contribution in [0.1, 0.15) is 32.7 Å². The lowest BCUT2D eigenvalue weighted by atomic mass is 10.1. The number of esters is 1. The smallest absolute Gasteiger partial charge is 0.330 e. The van der Waals surface area contributed by atoms with Gasteiger partial charge in [0.2, 0.25) is 0 Å². The number of carbonyl (C=O) groups excluding carboxylic acids is 3. The molecule has 2 aromatic carbocycles. The number of methoxy groups -OCH3 is 1. The van der Waals surface area contributed by atoms with Gasteiger partial charge in [0.25, 0.3) is 11.8 Å². The molecule has 31 heavy (non-hydrogen) atoms. The van der Waals surface area contributed by atoms with Gasteiger partial charge in [0.1, 0.15) is 6.07 Å². The molecule has 8 nitrogen and oxygen atoms in total. The van der Waals surface area contributed by atoms with Crippen LogP contribution >= 0.6 is 0 Å². The molecule has 1 heterocycles. The van der Waals surface area contributed by atoms with Crippen LogP contribution in [0.25, 0.3) is 6.08 Å². The molecule has 8 heteroatoms. The highest BCUT2D eigenvalue weighted by Gasteiger charge is 2.34. The summed E-state index contributed by atoms with van der Waals surface area (Å²) in [6.07, 6.45) is 3.17. The first-order chi connectivity index (χ1) is 15.0. The van der Waals surface area contributed by atoms with E-state index in [4.69, 9.17) is 19.5 Å². The standard InChI is InChI=1S/C23H20N2O6/c1-29-20-15-16(7-9-19(20)30-14-11-24)8-10-21(26)31-13-4-12-25-22(27)17-5-2-3-6-18(17)23(25)28/h2-3,5-10,15H,4,12-14H2,1H3/b10-8+. The van der Waals surface area contributed by atoms with Crippen LogP contribution in [-0.2, 0) is 9.53 Å². The van der Waals surface area contributed by atoms with Crippen molar-refractivity contribution in [2.75, 3.05) is 26.9 Å². The van der Waals surface area contributed by atoms with Gasteiger partial charge in [0.15, 0.2) is 18.1 Å². The van der Waals surface area contributed by atoms with E-state index in [1.807, 2.05) is 6.07 Å². The molecule has 0 radical (unpaired) electrons. The number of ether oxygens (including phenoxy) is 3. The minimum absolute atomic E-state index is 0.0703. The summed E-state index contributed by atoms with van der Waals surface area (Å²) in [5.41, 5.74) is 1.47. The number of imide groups is 1. The van der Waals surface area contributed by atoms with Crippen LogP contribution in [0.3, 0.4) is 0 Å². The van der Waals surface area contributed by atoms with E-state index < -0.39 is 5.97 Å². The maximum Gasteiger partial charge on any atom is 0.330 e. The van der Waals surface area contributed by atoms with Gasteiger partial charge in [-0.15, -0.1) is 0 Å². The largest absolute Gasteiger partial charge is 0.493 e. The zero-order chi connectivity index (χ0) is 22.2. The van der Waals surface area contributed by atoms with Crippen LogP contribution in [0.2, 0.25) is 0 Å². The van der Waals surface area contributed by atoms with Gasteiger partial charge in [0, 0.05) is 12.6 Å². The molecule has 0 fully saturated rings. The molecule has 1 aliphatic heterocycles. The number of carbonyl (C=O) groups is 3. The molecule has 0 N–H and O–H groups in total. The van der Waals surface area contributed by atoms with E-state index in [1.165, 1.54) is 13.2 Å². The summed E-state index contributed by atoms with van der Waals surface area (Å²) in [6.45, 7) is 0.143. The van der Waals surface area contributed by atoms with E-state index in [0.717, 1.165) is 4.90 Å². The van der Waals surface area contributed by atoms with Crippen LogP contribution in [0.4, 0.5) is 0 Å². The summed E-state index contributed by atoms with van der Waals surface area (Å²) in [4.78, 5) is 37.7. The van der Waals surface area contributed by atoms with Gasteiger partial charge < -0.3 is 14.2 Å². The normalized spacial score (nSPS) is 12.6. The van der Waals surface area contributed by atoms with Gasteiger partial charge in [-0.3, -0.25) is 14.5 Å². The number of benzene rings is 2. The Labute approximate surface area is 179 Å². The Morgan fingerprint density at radius 1 is 1.10 bits per heavy atom. The van der Waals surface area contributed by atoms with Crippen molar-refractivity contribution in [2.45, 2.75) is 6.42 Å². The topological polar surface area (TPSA) is 106 Å². The summed E-state index contributed by atoms with van der Waals surface area (Å²) in [5.74, 6) is -0.347. The molecule has 0 saturated heterocycles. The number of hydrogen-bond acceptors (Lipinski definition) is 7. The molecule has 0 atom stereocenters. The van der Waals surface area contributed by atoms with Crippen molar-refractivity contribution < 1.29 is 28.6 Å². The number of fused-ring (bicyclic) bond motifs is 1. The highest BCUT2D eigenvalue weighted by molar-refractivity contribution is 6.21. The second kappa shape index (κ2) is 10.1. The third-order valence-corrected chi connectivity index (χ3v) is 4.54. The number of nitrogens with zero attached hydrogens (tertiary/aromatic N) is 2. The molecule has 0 bridgehead atoms. The summed E-state index contributed by atoms with van der Waals surface area (Å²) >= 11 is 0. The lowest BCUT2D eigenvalue weighted by Gasteiger charge is -2.13. The Bertz CT molecular complexity index is 1030. The molecule has 158 valence electrons. The van der Waals surface area contributed by atoms with Crippen LogP contribution in [0.5, 0.6) is 11.5 Å². The highest BCUT2D eigenvalue weighted by atomic mass is 16.5. The molecular weight excluding hydrogens is 400 g/mol. The van der Waals surface area contributed by atoms with E-state index in [1.54, 1.807) is 48.5 Å². The fraction of sp³-hybridized carbons (Fsp3) is 0.217. The molecule has 3 rings (SSSR count). The Morgan fingerprint density at radius 3 is 2.45 bits per heavy atom. The zero-order valence-corrected chi connectivity index (χ0v) is 16.9. The van der Waals surface area contributed by atoms with Crippen molar-refractivity contribution in [1.29, 1.82) is 5.26 Å². The number of hydrogen-bond donors (Lipinski definition) is 0. The predicted molar refractivity (Wildman–Crippen MR) is 111 cm³/mol. The summed E-state index contributed by atoms with van der Waals surface area (Å²) in [5, 5.41) is 8.59. The van der Waals surface area contributed by atoms with E-state index in [9.17, 15) is 14.4 Å². The van der Waals surface area contributed by atoms with Crippen molar-refractivity contribution in [2.24, 2.45) is 0 Å². The monoisotopic (exact) mass is 420 g/mol. The van der Waals surface area contributed by atoms with Crippen molar-refractivity contribution in [3.63, 3.8) is 0 Å². The van der Waals surface area contributed by atoms with Crippen LogP contribution in [0.15, 0.2) is 48.5 Å². The molecule has 1 aliphatic rings. The fourth-order valence-corrected chi connectivity index (χ4v) is 3.07. The third-order valence-electron chi connectivity index (χ3n) is 4.54. The van der Waals surface area contributed by atoms with E-state index >= 15 is 0 Å². The van der Waals surface area contributed by atoms with Gasteiger partial charge in [-0.25, -0.2) is 4.79 Å². The maximum atomic E-state index is 12.3. The van der Waals surface area contributed by atoms with E-state index in [-0.39, 0.29) is 31.6 Å². The van der Waals surface area contributed by atoms with Gasteiger partial charge in [-0.1, -0.05) is 18.2 Å². The van der Waals surface area contributed by atoms with Crippen LogP contribution in [0, 0.1) is 11.3 Å². The Kier molecular flexibility index (Phi) is 7.01. The maximum absolute atomic E-state index is 12.3. The second-order valence-corrected chi connectivity index (χ2v) is 6.52. The average Bonchev–Trinajstić information content (AvgIpc) is 3.04. The van der Waals surface area contributed by atoms with Crippen molar-refractivity contribution >= 4 is 23.9 Å².